The molecule has 0 spiro atoms. The summed E-state index contributed by atoms with van der Waals surface area (Å²) in [7, 11) is 0. The molecule has 0 fully saturated rings. The lowest BCUT2D eigenvalue weighted by atomic mass is 10.1. The SMILES string of the molecule is O=C(CCCl)c1cccc(CBr)c1S. The minimum absolute atomic E-state index is 0.0489. The van der Waals surface area contributed by atoms with Crippen LogP contribution in [0.25, 0.3) is 0 Å². The number of alkyl halides is 2. The summed E-state index contributed by atoms with van der Waals surface area (Å²) in [5.41, 5.74) is 1.68. The van der Waals surface area contributed by atoms with Gasteiger partial charge in [0.15, 0.2) is 5.78 Å². The predicted octanol–water partition coefficient (Wildman–Crippen LogP) is 3.68. The van der Waals surface area contributed by atoms with Gasteiger partial charge in [-0.1, -0.05) is 34.1 Å². The third-order valence-electron chi connectivity index (χ3n) is 1.89. The first kappa shape index (κ1) is 12.1. The van der Waals surface area contributed by atoms with Crippen LogP contribution < -0.4 is 0 Å². The number of hydrogen-bond donors (Lipinski definition) is 1. The van der Waals surface area contributed by atoms with Crippen LogP contribution in [0.3, 0.4) is 0 Å². The van der Waals surface area contributed by atoms with Gasteiger partial charge in [-0.15, -0.1) is 24.2 Å². The van der Waals surface area contributed by atoms with Gasteiger partial charge in [-0.05, 0) is 5.56 Å². The van der Waals surface area contributed by atoms with Gasteiger partial charge in [0.05, 0.1) is 0 Å². The van der Waals surface area contributed by atoms with Crippen LogP contribution in [-0.4, -0.2) is 11.7 Å². The maximum atomic E-state index is 11.6. The van der Waals surface area contributed by atoms with E-state index in [-0.39, 0.29) is 5.78 Å². The van der Waals surface area contributed by atoms with E-state index in [2.05, 4.69) is 28.6 Å². The van der Waals surface area contributed by atoms with Crippen molar-refractivity contribution < 1.29 is 4.79 Å². The van der Waals surface area contributed by atoms with Crippen LogP contribution in [0.4, 0.5) is 0 Å². The van der Waals surface area contributed by atoms with Crippen molar-refractivity contribution in [3.05, 3.63) is 29.3 Å². The summed E-state index contributed by atoms with van der Waals surface area (Å²) in [6, 6.07) is 5.58. The maximum absolute atomic E-state index is 11.6. The van der Waals surface area contributed by atoms with E-state index >= 15 is 0 Å². The van der Waals surface area contributed by atoms with Gasteiger partial charge >= 0.3 is 0 Å². The highest BCUT2D eigenvalue weighted by atomic mass is 79.9. The zero-order valence-corrected chi connectivity index (χ0v) is 10.7. The Bertz CT molecular complexity index is 341. The van der Waals surface area contributed by atoms with Gasteiger partial charge in [0.2, 0.25) is 0 Å². The van der Waals surface area contributed by atoms with Crippen molar-refractivity contribution in [1.29, 1.82) is 0 Å². The summed E-state index contributed by atoms with van der Waals surface area (Å²) >= 11 is 13.2. The highest BCUT2D eigenvalue weighted by Gasteiger charge is 2.10. The fraction of sp³-hybridized carbons (Fsp3) is 0.300. The molecule has 0 atom stereocenters. The van der Waals surface area contributed by atoms with Crippen molar-refractivity contribution >= 4 is 45.9 Å². The number of hydrogen-bond acceptors (Lipinski definition) is 2. The van der Waals surface area contributed by atoms with E-state index in [4.69, 9.17) is 11.6 Å². The number of benzene rings is 1. The zero-order chi connectivity index (χ0) is 10.6. The average molecular weight is 294 g/mol. The fourth-order valence-electron chi connectivity index (χ4n) is 1.14. The molecule has 0 amide bonds. The molecule has 0 aliphatic carbocycles. The van der Waals surface area contributed by atoms with E-state index in [1.165, 1.54) is 0 Å². The van der Waals surface area contributed by atoms with Crippen LogP contribution in [-0.2, 0) is 5.33 Å². The molecule has 4 heteroatoms. The van der Waals surface area contributed by atoms with Crippen molar-refractivity contribution in [2.75, 3.05) is 5.88 Å². The summed E-state index contributed by atoms with van der Waals surface area (Å²) in [5, 5.41) is 0.702. The molecule has 0 radical (unpaired) electrons. The summed E-state index contributed by atoms with van der Waals surface area (Å²) in [4.78, 5) is 12.3. The molecule has 0 saturated carbocycles. The molecule has 1 aromatic carbocycles. The molecule has 0 bridgehead atoms. The lowest BCUT2D eigenvalue weighted by molar-refractivity contribution is 0.0986. The Morgan fingerprint density at radius 1 is 1.50 bits per heavy atom. The van der Waals surface area contributed by atoms with Crippen LogP contribution in [0.15, 0.2) is 23.1 Å². The van der Waals surface area contributed by atoms with Crippen LogP contribution in [0, 0.1) is 0 Å². The molecule has 0 aliphatic heterocycles. The molecule has 0 saturated heterocycles. The number of ketones is 1. The van der Waals surface area contributed by atoms with E-state index in [9.17, 15) is 4.79 Å². The second-order valence-corrected chi connectivity index (χ2v) is 4.20. The van der Waals surface area contributed by atoms with Gasteiger partial charge in [-0.25, -0.2) is 0 Å². The zero-order valence-electron chi connectivity index (χ0n) is 7.46. The van der Waals surface area contributed by atoms with Gasteiger partial charge in [0, 0.05) is 28.1 Å². The molecular weight excluding hydrogens is 284 g/mol. The highest BCUT2D eigenvalue weighted by molar-refractivity contribution is 9.08. The largest absolute Gasteiger partial charge is 0.294 e. The first-order valence-electron chi connectivity index (χ1n) is 4.16. The van der Waals surface area contributed by atoms with Crippen LogP contribution in [0.2, 0.25) is 0 Å². The van der Waals surface area contributed by atoms with Crippen molar-refractivity contribution in [3.8, 4) is 0 Å². The van der Waals surface area contributed by atoms with Crippen molar-refractivity contribution in [1.82, 2.24) is 0 Å². The van der Waals surface area contributed by atoms with Gasteiger partial charge in [0.25, 0.3) is 0 Å². The Morgan fingerprint density at radius 2 is 2.21 bits per heavy atom. The standard InChI is InChI=1S/C10H10BrClOS/c11-6-7-2-1-3-8(10(7)14)9(13)4-5-12/h1-3,14H,4-6H2. The smallest absolute Gasteiger partial charge is 0.165 e. The maximum Gasteiger partial charge on any atom is 0.165 e. The number of halogens is 2. The van der Waals surface area contributed by atoms with Gasteiger partial charge < -0.3 is 0 Å². The monoisotopic (exact) mass is 292 g/mol. The molecule has 1 aromatic rings. The average Bonchev–Trinajstić information content (AvgIpc) is 2.18. The Kier molecular flexibility index (Phi) is 4.99. The minimum Gasteiger partial charge on any atom is -0.294 e. The number of Topliss-reactive ketones (excluding diaryl/α,β-unsaturated/α-hetero) is 1. The molecule has 0 aromatic heterocycles. The van der Waals surface area contributed by atoms with E-state index in [0.29, 0.717) is 23.2 Å². The first-order valence-corrected chi connectivity index (χ1v) is 6.27. The van der Waals surface area contributed by atoms with Gasteiger partial charge in [-0.2, -0.15) is 0 Å². The van der Waals surface area contributed by atoms with E-state index in [1.54, 1.807) is 6.07 Å². The number of thiol groups is 1. The predicted molar refractivity (Wildman–Crippen MR) is 66.0 cm³/mol. The third-order valence-corrected chi connectivity index (χ3v) is 3.21. The summed E-state index contributed by atoms with van der Waals surface area (Å²) in [6.45, 7) is 0. The molecule has 0 heterocycles. The van der Waals surface area contributed by atoms with Crippen molar-refractivity contribution in [2.24, 2.45) is 0 Å². The summed E-state index contributed by atoms with van der Waals surface area (Å²) < 4.78 is 0. The lowest BCUT2D eigenvalue weighted by Gasteiger charge is -2.06. The molecule has 1 nitrogen and oxygen atoms in total. The molecule has 0 unspecified atom stereocenters. The molecule has 14 heavy (non-hydrogen) atoms. The third kappa shape index (κ3) is 2.75. The number of rotatable bonds is 4. The fourth-order valence-corrected chi connectivity index (χ4v) is 2.35. The van der Waals surface area contributed by atoms with Crippen molar-refractivity contribution in [3.63, 3.8) is 0 Å². The lowest BCUT2D eigenvalue weighted by Crippen LogP contribution is -2.02. The Labute approximate surface area is 102 Å². The molecular formula is C10H10BrClOS. The van der Waals surface area contributed by atoms with Gasteiger partial charge in [0.1, 0.15) is 0 Å². The highest BCUT2D eigenvalue weighted by Crippen LogP contribution is 2.22. The number of carbonyl (C=O) groups is 1. The summed E-state index contributed by atoms with van der Waals surface area (Å²) in [6.07, 6.45) is 0.362. The Balaban J connectivity index is 3.03. The minimum atomic E-state index is 0.0489. The van der Waals surface area contributed by atoms with E-state index < -0.39 is 0 Å². The first-order chi connectivity index (χ1) is 6.70. The van der Waals surface area contributed by atoms with Crippen LogP contribution >= 0.6 is 40.2 Å². The molecule has 76 valence electrons. The second-order valence-electron chi connectivity index (χ2n) is 2.81. The van der Waals surface area contributed by atoms with Crippen LogP contribution in [0.1, 0.15) is 22.3 Å². The number of carbonyl (C=O) groups excluding carboxylic acids is 1. The van der Waals surface area contributed by atoms with Crippen LogP contribution in [0.5, 0.6) is 0 Å². The van der Waals surface area contributed by atoms with E-state index in [1.807, 2.05) is 12.1 Å². The summed E-state index contributed by atoms with van der Waals surface area (Å²) in [5.74, 6) is 0.401. The van der Waals surface area contributed by atoms with E-state index in [0.717, 1.165) is 10.5 Å². The second kappa shape index (κ2) is 5.79. The quantitative estimate of drug-likeness (QED) is 0.509. The molecule has 0 aliphatic rings. The van der Waals surface area contributed by atoms with Crippen molar-refractivity contribution in [2.45, 2.75) is 16.6 Å². The molecule has 1 rings (SSSR count). The normalized spacial score (nSPS) is 10.2. The van der Waals surface area contributed by atoms with Gasteiger partial charge in [-0.3, -0.25) is 4.79 Å². The molecule has 0 N–H and O–H groups in total. The Morgan fingerprint density at radius 3 is 2.79 bits per heavy atom. The Hall–Kier alpha value is 0.01000. The topological polar surface area (TPSA) is 17.1 Å².